The molecule has 0 saturated carbocycles. The Labute approximate surface area is 113 Å². The number of hydrogen-bond donors (Lipinski definition) is 2. The Morgan fingerprint density at radius 1 is 1.47 bits per heavy atom. The number of carbonyl (C=O) groups is 1. The average molecular weight is 261 g/mol. The van der Waals surface area contributed by atoms with E-state index < -0.39 is 0 Å². The average Bonchev–Trinajstić information content (AvgIpc) is 2.43. The number of ether oxygens (including phenoxy) is 1. The maximum absolute atomic E-state index is 11.6. The first kappa shape index (κ1) is 14.8. The summed E-state index contributed by atoms with van der Waals surface area (Å²) in [5.41, 5.74) is 6.55. The number of benzene rings is 1. The quantitative estimate of drug-likeness (QED) is 0.764. The smallest absolute Gasteiger partial charge is 0.258 e. The van der Waals surface area contributed by atoms with E-state index in [1.807, 2.05) is 19.9 Å². The zero-order valence-electron chi connectivity index (χ0n) is 11.3. The first-order valence-electron chi connectivity index (χ1n) is 6.32. The number of nitrogens with one attached hydrogen (secondary N) is 1. The lowest BCUT2D eigenvalue weighted by Crippen LogP contribution is -2.37. The summed E-state index contributed by atoms with van der Waals surface area (Å²) < 4.78 is 5.34. The number of nitriles is 1. The largest absolute Gasteiger partial charge is 0.482 e. The van der Waals surface area contributed by atoms with Crippen molar-refractivity contribution in [3.05, 3.63) is 23.8 Å². The van der Waals surface area contributed by atoms with Gasteiger partial charge in [-0.05, 0) is 31.0 Å². The zero-order chi connectivity index (χ0) is 14.3. The third-order valence-corrected chi connectivity index (χ3v) is 2.85. The number of nitrogens with two attached hydrogens (primary N) is 1. The van der Waals surface area contributed by atoms with Crippen LogP contribution in [0.5, 0.6) is 5.75 Å². The first-order valence-corrected chi connectivity index (χ1v) is 6.32. The van der Waals surface area contributed by atoms with Gasteiger partial charge in [-0.25, -0.2) is 0 Å². The maximum Gasteiger partial charge on any atom is 0.258 e. The maximum atomic E-state index is 11.6. The first-order chi connectivity index (χ1) is 9.10. The molecule has 3 N–H and O–H groups in total. The summed E-state index contributed by atoms with van der Waals surface area (Å²) >= 11 is 0. The lowest BCUT2D eigenvalue weighted by Gasteiger charge is -2.15. The van der Waals surface area contributed by atoms with Crippen molar-refractivity contribution >= 4 is 11.6 Å². The molecule has 5 nitrogen and oxygen atoms in total. The number of hydrogen-bond acceptors (Lipinski definition) is 4. The minimum Gasteiger partial charge on any atom is -0.482 e. The van der Waals surface area contributed by atoms with E-state index >= 15 is 0 Å². The lowest BCUT2D eigenvalue weighted by molar-refractivity contribution is -0.123. The van der Waals surface area contributed by atoms with Crippen molar-refractivity contribution in [1.82, 2.24) is 5.32 Å². The van der Waals surface area contributed by atoms with Gasteiger partial charge in [0, 0.05) is 6.04 Å². The van der Waals surface area contributed by atoms with Crippen LogP contribution in [0.15, 0.2) is 18.2 Å². The number of carbonyl (C=O) groups excluding carboxylic acids is 1. The minimum absolute atomic E-state index is 0.0768. The van der Waals surface area contributed by atoms with Crippen molar-refractivity contribution in [2.24, 2.45) is 0 Å². The number of amides is 1. The molecular formula is C14H19N3O2. The lowest BCUT2D eigenvalue weighted by atomic mass is 10.2. The highest BCUT2D eigenvalue weighted by atomic mass is 16.5. The Morgan fingerprint density at radius 3 is 2.68 bits per heavy atom. The number of nitrogen functional groups attached to an aromatic ring is 1. The summed E-state index contributed by atoms with van der Waals surface area (Å²) in [6.45, 7) is 3.97. The highest BCUT2D eigenvalue weighted by molar-refractivity contribution is 5.78. The van der Waals surface area contributed by atoms with E-state index in [0.717, 1.165) is 12.8 Å². The Hall–Kier alpha value is -2.22. The van der Waals surface area contributed by atoms with Crippen molar-refractivity contribution in [2.45, 2.75) is 32.7 Å². The van der Waals surface area contributed by atoms with Crippen LogP contribution >= 0.6 is 0 Å². The molecule has 102 valence electrons. The molecule has 1 aromatic rings. The van der Waals surface area contributed by atoms with Crippen LogP contribution < -0.4 is 15.8 Å². The van der Waals surface area contributed by atoms with Crippen molar-refractivity contribution in [3.8, 4) is 11.8 Å². The summed E-state index contributed by atoms with van der Waals surface area (Å²) in [5.74, 6) is 0.246. The van der Waals surface area contributed by atoms with E-state index in [1.165, 1.54) is 6.07 Å². The summed E-state index contributed by atoms with van der Waals surface area (Å²) in [7, 11) is 0. The molecule has 0 aliphatic heterocycles. The van der Waals surface area contributed by atoms with Gasteiger partial charge in [0.1, 0.15) is 5.75 Å². The molecule has 0 fully saturated rings. The SMILES string of the molecule is CCC(CC)NC(=O)COc1ccc(C#N)cc1N. The molecule has 1 aromatic carbocycles. The molecule has 5 heteroatoms. The van der Waals surface area contributed by atoms with Crippen molar-refractivity contribution < 1.29 is 9.53 Å². The van der Waals surface area contributed by atoms with Gasteiger partial charge in [0.05, 0.1) is 17.3 Å². The van der Waals surface area contributed by atoms with E-state index in [9.17, 15) is 4.79 Å². The van der Waals surface area contributed by atoms with Crippen LogP contribution in [0.3, 0.4) is 0 Å². The Kier molecular flexibility index (Phi) is 5.68. The molecule has 0 radical (unpaired) electrons. The third-order valence-electron chi connectivity index (χ3n) is 2.85. The van der Waals surface area contributed by atoms with E-state index in [1.54, 1.807) is 12.1 Å². The van der Waals surface area contributed by atoms with Crippen molar-refractivity contribution in [2.75, 3.05) is 12.3 Å². The van der Waals surface area contributed by atoms with Crippen LogP contribution in [0, 0.1) is 11.3 Å². The molecule has 1 amide bonds. The minimum atomic E-state index is -0.169. The van der Waals surface area contributed by atoms with Gasteiger partial charge < -0.3 is 15.8 Å². The second-order valence-electron chi connectivity index (χ2n) is 4.23. The number of nitrogens with zero attached hydrogens (tertiary/aromatic N) is 1. The number of rotatable bonds is 6. The van der Waals surface area contributed by atoms with Gasteiger partial charge in [0.2, 0.25) is 0 Å². The highest BCUT2D eigenvalue weighted by Crippen LogP contribution is 2.21. The van der Waals surface area contributed by atoms with E-state index in [-0.39, 0.29) is 18.6 Å². The number of anilines is 1. The monoisotopic (exact) mass is 261 g/mol. The third kappa shape index (κ3) is 4.51. The Balaban J connectivity index is 2.53. The van der Waals surface area contributed by atoms with E-state index in [0.29, 0.717) is 17.0 Å². The highest BCUT2D eigenvalue weighted by Gasteiger charge is 2.10. The van der Waals surface area contributed by atoms with Gasteiger partial charge in [-0.2, -0.15) is 5.26 Å². The fraction of sp³-hybridized carbons (Fsp3) is 0.429. The second-order valence-corrected chi connectivity index (χ2v) is 4.23. The molecule has 0 saturated heterocycles. The molecule has 0 atom stereocenters. The van der Waals surface area contributed by atoms with Crippen molar-refractivity contribution in [3.63, 3.8) is 0 Å². The molecule has 0 spiro atoms. The molecule has 0 heterocycles. The molecule has 0 aliphatic rings. The summed E-state index contributed by atoms with van der Waals surface area (Å²) in [6.07, 6.45) is 1.78. The van der Waals surface area contributed by atoms with Crippen LogP contribution in [-0.4, -0.2) is 18.6 Å². The molecule has 0 bridgehead atoms. The van der Waals surface area contributed by atoms with Gasteiger partial charge >= 0.3 is 0 Å². The summed E-state index contributed by atoms with van der Waals surface area (Å²) in [4.78, 5) is 11.6. The summed E-state index contributed by atoms with van der Waals surface area (Å²) in [5, 5.41) is 11.6. The van der Waals surface area contributed by atoms with Crippen LogP contribution in [-0.2, 0) is 4.79 Å². The Morgan fingerprint density at radius 2 is 2.16 bits per heavy atom. The zero-order valence-corrected chi connectivity index (χ0v) is 11.3. The Bertz CT molecular complexity index is 476. The van der Waals surface area contributed by atoms with Crippen LogP contribution in [0.25, 0.3) is 0 Å². The molecule has 0 unspecified atom stereocenters. The van der Waals surface area contributed by atoms with Gasteiger partial charge in [-0.1, -0.05) is 13.8 Å². The van der Waals surface area contributed by atoms with Crippen LogP contribution in [0.2, 0.25) is 0 Å². The molecular weight excluding hydrogens is 242 g/mol. The molecule has 0 aromatic heterocycles. The summed E-state index contributed by atoms with van der Waals surface area (Å²) in [6, 6.07) is 6.88. The fourth-order valence-corrected chi connectivity index (χ4v) is 1.65. The van der Waals surface area contributed by atoms with Gasteiger partial charge in [-0.15, -0.1) is 0 Å². The van der Waals surface area contributed by atoms with Crippen molar-refractivity contribution in [1.29, 1.82) is 5.26 Å². The molecule has 19 heavy (non-hydrogen) atoms. The molecule has 1 rings (SSSR count). The predicted molar refractivity (Wildman–Crippen MR) is 73.6 cm³/mol. The fourth-order valence-electron chi connectivity index (χ4n) is 1.65. The normalized spacial score (nSPS) is 10.0. The molecule has 0 aliphatic carbocycles. The van der Waals surface area contributed by atoms with Crippen LogP contribution in [0.1, 0.15) is 32.3 Å². The van der Waals surface area contributed by atoms with Gasteiger partial charge in [0.25, 0.3) is 5.91 Å². The van der Waals surface area contributed by atoms with E-state index in [2.05, 4.69) is 5.32 Å². The topological polar surface area (TPSA) is 88.1 Å². The van der Waals surface area contributed by atoms with Gasteiger partial charge in [0.15, 0.2) is 6.61 Å². The van der Waals surface area contributed by atoms with Gasteiger partial charge in [-0.3, -0.25) is 4.79 Å². The standard InChI is InChI=1S/C14H19N3O2/c1-3-11(4-2)17-14(18)9-19-13-6-5-10(8-15)7-12(13)16/h5-7,11H,3-4,9,16H2,1-2H3,(H,17,18). The van der Waals surface area contributed by atoms with E-state index in [4.69, 9.17) is 15.7 Å². The predicted octanol–water partition coefficient (Wildman–Crippen LogP) is 1.82. The second kappa shape index (κ2) is 7.27. The van der Waals surface area contributed by atoms with Crippen LogP contribution in [0.4, 0.5) is 5.69 Å².